The first-order valence-electron chi connectivity index (χ1n) is 11.8. The highest BCUT2D eigenvalue weighted by Crippen LogP contribution is 2.38. The standard InChI is InChI=1S/C25H20ClF3N10O/c1-13-10-38(12-33-13)16-5-14(25(27,28)29)4-15(6-16)35-24-36-23-22(37(24)3)21(26)19(8-32-23)40-18-9-34-39-11-20(30-2)31-7-17(18)39/h4-12,30H,1-3H3,(H,32,35,36). The molecule has 204 valence electrons. The Morgan fingerprint density at radius 2 is 1.82 bits per heavy atom. The Labute approximate surface area is 229 Å². The van der Waals surface area contributed by atoms with Gasteiger partial charge in [-0.25, -0.2) is 19.5 Å². The number of imidazole rings is 2. The molecule has 1 aromatic carbocycles. The number of hydrogen-bond acceptors (Lipinski definition) is 8. The second-order valence-electron chi connectivity index (χ2n) is 8.88. The number of nitrogens with zero attached hydrogens (tertiary/aromatic N) is 8. The number of halogens is 4. The average molecular weight is 569 g/mol. The van der Waals surface area contributed by atoms with Crippen molar-refractivity contribution >= 4 is 45.7 Å². The van der Waals surface area contributed by atoms with E-state index in [-0.39, 0.29) is 33.7 Å². The molecule has 0 fully saturated rings. The molecule has 0 radical (unpaired) electrons. The van der Waals surface area contributed by atoms with E-state index in [1.807, 2.05) is 0 Å². The quantitative estimate of drug-likeness (QED) is 0.261. The lowest BCUT2D eigenvalue weighted by molar-refractivity contribution is -0.137. The van der Waals surface area contributed by atoms with Gasteiger partial charge in [0, 0.05) is 31.7 Å². The fourth-order valence-corrected chi connectivity index (χ4v) is 4.47. The molecule has 0 aliphatic heterocycles. The van der Waals surface area contributed by atoms with Crippen LogP contribution in [0.5, 0.6) is 11.5 Å². The van der Waals surface area contributed by atoms with Crippen LogP contribution in [0, 0.1) is 6.92 Å². The lowest BCUT2D eigenvalue weighted by Gasteiger charge is -2.14. The maximum Gasteiger partial charge on any atom is 0.416 e. The lowest BCUT2D eigenvalue weighted by Crippen LogP contribution is -2.08. The van der Waals surface area contributed by atoms with E-state index in [2.05, 4.69) is 35.7 Å². The summed E-state index contributed by atoms with van der Waals surface area (Å²) in [6.07, 6.45) is 4.79. The Hall–Kier alpha value is -4.85. The third-order valence-electron chi connectivity index (χ3n) is 6.16. The minimum absolute atomic E-state index is 0.168. The largest absolute Gasteiger partial charge is 0.450 e. The zero-order valence-corrected chi connectivity index (χ0v) is 21.9. The van der Waals surface area contributed by atoms with Crippen LogP contribution in [0.1, 0.15) is 11.3 Å². The van der Waals surface area contributed by atoms with Crippen molar-refractivity contribution in [3.8, 4) is 17.2 Å². The number of fused-ring (bicyclic) bond motifs is 2. The first kappa shape index (κ1) is 25.4. The van der Waals surface area contributed by atoms with Gasteiger partial charge in [-0.3, -0.25) is 0 Å². The number of pyridine rings is 1. The van der Waals surface area contributed by atoms with Gasteiger partial charge >= 0.3 is 6.18 Å². The number of aryl methyl sites for hydroxylation is 2. The summed E-state index contributed by atoms with van der Waals surface area (Å²) in [6.45, 7) is 1.75. The highest BCUT2D eigenvalue weighted by molar-refractivity contribution is 6.36. The second-order valence-corrected chi connectivity index (χ2v) is 9.26. The number of nitrogens with one attached hydrogen (secondary N) is 2. The molecule has 6 aromatic rings. The molecular weight excluding hydrogens is 549 g/mol. The molecule has 11 nitrogen and oxygen atoms in total. The minimum atomic E-state index is -4.56. The summed E-state index contributed by atoms with van der Waals surface area (Å²) in [5.41, 5.74) is 1.61. The van der Waals surface area contributed by atoms with Crippen molar-refractivity contribution in [1.82, 2.24) is 38.7 Å². The molecule has 0 aliphatic carbocycles. The fourth-order valence-electron chi connectivity index (χ4n) is 4.17. The van der Waals surface area contributed by atoms with Crippen molar-refractivity contribution in [2.75, 3.05) is 17.7 Å². The highest BCUT2D eigenvalue weighted by atomic mass is 35.5. The molecule has 0 spiro atoms. The van der Waals surface area contributed by atoms with Crippen molar-refractivity contribution < 1.29 is 17.9 Å². The summed E-state index contributed by atoms with van der Waals surface area (Å²) in [7, 11) is 3.42. The van der Waals surface area contributed by atoms with E-state index in [9.17, 15) is 13.2 Å². The predicted octanol–water partition coefficient (Wildman–Crippen LogP) is 5.75. The van der Waals surface area contributed by atoms with E-state index in [1.54, 1.807) is 54.8 Å². The van der Waals surface area contributed by atoms with Crippen LogP contribution in [0.15, 0.2) is 55.5 Å². The average Bonchev–Trinajstić information content (AvgIpc) is 3.62. The van der Waals surface area contributed by atoms with Crippen LogP contribution in [0.25, 0.3) is 22.4 Å². The van der Waals surface area contributed by atoms with E-state index in [1.165, 1.54) is 23.3 Å². The normalized spacial score (nSPS) is 11.9. The van der Waals surface area contributed by atoms with E-state index < -0.39 is 11.7 Å². The molecule has 0 saturated carbocycles. The molecule has 0 aliphatic rings. The van der Waals surface area contributed by atoms with Crippen LogP contribution >= 0.6 is 11.6 Å². The second kappa shape index (κ2) is 9.41. The molecular formula is C25H20ClF3N10O. The first-order valence-corrected chi connectivity index (χ1v) is 12.2. The maximum absolute atomic E-state index is 13.7. The Bertz CT molecular complexity index is 1890. The SMILES string of the molecule is CNc1cn2ncc(Oc3cnc4nc(Nc5cc(-n6cnc(C)c6)cc(C(F)(F)F)c5)n(C)c4c3Cl)c2cn1. The summed E-state index contributed by atoms with van der Waals surface area (Å²) >= 11 is 6.71. The van der Waals surface area contributed by atoms with Gasteiger partial charge in [0.15, 0.2) is 17.1 Å². The van der Waals surface area contributed by atoms with Gasteiger partial charge in [0.2, 0.25) is 5.95 Å². The Balaban J connectivity index is 1.36. The molecule has 0 unspecified atom stereocenters. The van der Waals surface area contributed by atoms with Crippen molar-refractivity contribution in [3.63, 3.8) is 0 Å². The van der Waals surface area contributed by atoms with Gasteiger partial charge < -0.3 is 24.5 Å². The molecule has 0 amide bonds. The number of alkyl halides is 3. The molecule has 6 rings (SSSR count). The van der Waals surface area contributed by atoms with Gasteiger partial charge in [-0.15, -0.1) is 0 Å². The monoisotopic (exact) mass is 568 g/mol. The molecule has 5 heterocycles. The number of aromatic nitrogens is 8. The third kappa shape index (κ3) is 4.51. The lowest BCUT2D eigenvalue weighted by atomic mass is 10.1. The van der Waals surface area contributed by atoms with E-state index in [0.717, 1.165) is 12.1 Å². The molecule has 0 saturated heterocycles. The van der Waals surface area contributed by atoms with Gasteiger partial charge in [0.05, 0.1) is 42.4 Å². The Morgan fingerprint density at radius 3 is 2.55 bits per heavy atom. The van der Waals surface area contributed by atoms with Crippen LogP contribution in [0.2, 0.25) is 5.02 Å². The molecule has 0 atom stereocenters. The highest BCUT2D eigenvalue weighted by Gasteiger charge is 2.31. The van der Waals surface area contributed by atoms with Gasteiger partial charge in [0.25, 0.3) is 0 Å². The van der Waals surface area contributed by atoms with Gasteiger partial charge in [-0.05, 0) is 25.1 Å². The van der Waals surface area contributed by atoms with Crippen LogP contribution in [0.4, 0.5) is 30.6 Å². The number of anilines is 3. The summed E-state index contributed by atoms with van der Waals surface area (Å²) in [5, 5.41) is 10.4. The predicted molar refractivity (Wildman–Crippen MR) is 143 cm³/mol. The minimum Gasteiger partial charge on any atom is -0.450 e. The maximum atomic E-state index is 13.7. The van der Waals surface area contributed by atoms with Crippen LogP contribution in [-0.2, 0) is 13.2 Å². The smallest absolute Gasteiger partial charge is 0.416 e. The zero-order chi connectivity index (χ0) is 28.2. The molecule has 2 N–H and O–H groups in total. The van der Waals surface area contributed by atoms with Gasteiger partial charge in [0.1, 0.15) is 21.9 Å². The number of benzene rings is 1. The van der Waals surface area contributed by atoms with Crippen LogP contribution in [-0.4, -0.2) is 45.7 Å². The van der Waals surface area contributed by atoms with E-state index in [0.29, 0.717) is 28.3 Å². The van der Waals surface area contributed by atoms with Crippen molar-refractivity contribution in [3.05, 3.63) is 71.8 Å². The summed E-state index contributed by atoms with van der Waals surface area (Å²) in [4.78, 5) is 17.2. The molecule has 0 bridgehead atoms. The third-order valence-corrected chi connectivity index (χ3v) is 6.53. The summed E-state index contributed by atoms with van der Waals surface area (Å²) < 4.78 is 51.9. The summed E-state index contributed by atoms with van der Waals surface area (Å²) in [5.74, 6) is 1.51. The van der Waals surface area contributed by atoms with Crippen molar-refractivity contribution in [2.45, 2.75) is 13.1 Å². The molecule has 15 heteroatoms. The zero-order valence-electron chi connectivity index (χ0n) is 21.2. The number of rotatable bonds is 6. The topological polar surface area (TPSA) is 112 Å². The molecule has 5 aromatic heterocycles. The summed E-state index contributed by atoms with van der Waals surface area (Å²) in [6, 6.07) is 3.63. The Morgan fingerprint density at radius 1 is 1.00 bits per heavy atom. The Kier molecular flexibility index (Phi) is 5.98. The van der Waals surface area contributed by atoms with Crippen molar-refractivity contribution in [2.24, 2.45) is 7.05 Å². The van der Waals surface area contributed by atoms with Gasteiger partial charge in [-0.1, -0.05) is 11.6 Å². The van der Waals surface area contributed by atoms with Gasteiger partial charge in [-0.2, -0.15) is 23.3 Å². The number of hydrogen-bond donors (Lipinski definition) is 2. The first-order chi connectivity index (χ1) is 19.1. The van der Waals surface area contributed by atoms with Crippen molar-refractivity contribution in [1.29, 1.82) is 0 Å². The van der Waals surface area contributed by atoms with E-state index >= 15 is 0 Å². The van der Waals surface area contributed by atoms with Crippen LogP contribution < -0.4 is 15.4 Å². The van der Waals surface area contributed by atoms with E-state index in [4.69, 9.17) is 16.3 Å². The fraction of sp³-hybridized carbons (Fsp3) is 0.160. The number of ether oxygens (including phenoxy) is 1. The van der Waals surface area contributed by atoms with Crippen LogP contribution in [0.3, 0.4) is 0 Å². The molecule has 40 heavy (non-hydrogen) atoms.